The van der Waals surface area contributed by atoms with E-state index in [0.717, 1.165) is 0 Å². The molecule has 2 bridgehead atoms. The van der Waals surface area contributed by atoms with E-state index in [1.54, 1.807) is 0 Å². The normalized spacial score (nSPS) is 34.3. The Kier molecular flexibility index (Phi) is 4.27. The van der Waals surface area contributed by atoms with Crippen molar-refractivity contribution in [3.63, 3.8) is 0 Å². The second-order valence-electron chi connectivity index (χ2n) is 8.41. The average molecular weight is 399 g/mol. The molecular weight excluding hydrogens is 371 g/mol. The zero-order chi connectivity index (χ0) is 17.7. The van der Waals surface area contributed by atoms with Crippen molar-refractivity contribution in [2.75, 3.05) is 0 Å². The Hall–Kier alpha value is -1.21. The van der Waals surface area contributed by atoms with E-state index < -0.39 is 13.5 Å². The van der Waals surface area contributed by atoms with E-state index in [1.165, 1.54) is 22.9 Å². The van der Waals surface area contributed by atoms with Gasteiger partial charge in [-0.25, -0.2) is 0 Å². The van der Waals surface area contributed by atoms with Gasteiger partial charge in [-0.05, 0) is 0 Å². The first kappa shape index (κ1) is 17.2. The molecule has 0 heterocycles. The van der Waals surface area contributed by atoms with Gasteiger partial charge < -0.3 is 0 Å². The Balaban J connectivity index is 1.84. The summed E-state index contributed by atoms with van der Waals surface area (Å²) < 4.78 is 1.45. The topological polar surface area (TPSA) is 20.2 Å². The second-order valence-corrected chi connectivity index (χ2v) is 12.6. The van der Waals surface area contributed by atoms with Gasteiger partial charge in [0.1, 0.15) is 0 Å². The van der Waals surface area contributed by atoms with Crippen LogP contribution in [-0.4, -0.2) is 29.6 Å². The fourth-order valence-electron chi connectivity index (χ4n) is 5.12. The number of aliphatic hydroxyl groups excluding tert-OH is 1. The molecule has 5 unspecified atom stereocenters. The van der Waals surface area contributed by atoms with Gasteiger partial charge in [-0.2, -0.15) is 0 Å². The van der Waals surface area contributed by atoms with Crippen LogP contribution in [-0.2, 0) is 0 Å². The Morgan fingerprint density at radius 3 is 2.12 bits per heavy atom. The maximum absolute atomic E-state index is 11.4. The summed E-state index contributed by atoms with van der Waals surface area (Å²) in [5, 5.41) is 11.4. The summed E-state index contributed by atoms with van der Waals surface area (Å²) in [7, 11) is 0. The summed E-state index contributed by atoms with van der Waals surface area (Å²) in [5.74, 6) is 0.623. The molecule has 0 spiro atoms. The first-order valence-electron chi connectivity index (χ1n) is 9.30. The summed E-state index contributed by atoms with van der Waals surface area (Å²) in [5.41, 5.74) is 1.58. The van der Waals surface area contributed by atoms with E-state index in [2.05, 4.69) is 86.4 Å². The maximum atomic E-state index is 11.4. The first-order chi connectivity index (χ1) is 11.9. The van der Waals surface area contributed by atoms with Crippen molar-refractivity contribution in [1.29, 1.82) is 0 Å². The molecule has 1 N–H and O–H groups in total. The van der Waals surface area contributed by atoms with Crippen molar-refractivity contribution in [2.24, 2.45) is 16.7 Å². The van der Waals surface area contributed by atoms with E-state index in [0.29, 0.717) is 10.7 Å². The number of hydrogen-bond acceptors (Lipinski definition) is 1. The van der Waals surface area contributed by atoms with Crippen LogP contribution in [0.5, 0.6) is 0 Å². The zero-order valence-corrected chi connectivity index (χ0v) is 17.1. The second kappa shape index (κ2) is 6.20. The van der Waals surface area contributed by atoms with E-state index in [4.69, 9.17) is 0 Å². The Labute approximate surface area is 155 Å². The number of fused-ring (bicyclic) bond motifs is 2. The Morgan fingerprint density at radius 2 is 1.56 bits per heavy atom. The van der Waals surface area contributed by atoms with E-state index in [9.17, 15) is 5.11 Å². The summed E-state index contributed by atoms with van der Waals surface area (Å²) in [4.78, 5) is 2.92. The van der Waals surface area contributed by atoms with Crippen LogP contribution in [0.2, 0.25) is 4.82 Å². The minimum absolute atomic E-state index is 0.0589. The fraction of sp³-hybridized carbons (Fsp3) is 0.435. The molecule has 2 saturated carbocycles. The third-order valence-corrected chi connectivity index (χ3v) is 12.4. The molecule has 0 saturated heterocycles. The van der Waals surface area contributed by atoms with E-state index in [1.807, 2.05) is 0 Å². The first-order valence-corrected chi connectivity index (χ1v) is 12.1. The molecule has 2 fully saturated rings. The van der Waals surface area contributed by atoms with Gasteiger partial charge in [0, 0.05) is 0 Å². The predicted molar refractivity (Wildman–Crippen MR) is 108 cm³/mol. The number of benzene rings is 2. The number of rotatable bonds is 3. The Bertz CT molecular complexity index is 780. The fourth-order valence-corrected chi connectivity index (χ4v) is 11.3. The standard InChI is InChI=1S/C23H28OSe/c1-22(2)19-14-15-23(22,3)21(24)20(19)25(18-12-8-5-9-13-18)16-17-10-6-4-7-11-17/h4-13,16,19-21,24H,14-15H2,1-3H3. The van der Waals surface area contributed by atoms with Crippen LogP contribution in [0, 0.1) is 16.7 Å². The monoisotopic (exact) mass is 400 g/mol. The van der Waals surface area contributed by atoms with E-state index in [-0.39, 0.29) is 16.9 Å². The van der Waals surface area contributed by atoms with Gasteiger partial charge in [0.2, 0.25) is 0 Å². The van der Waals surface area contributed by atoms with Crippen molar-refractivity contribution >= 4 is 22.8 Å². The van der Waals surface area contributed by atoms with Crippen LogP contribution >= 0.6 is 0 Å². The number of aliphatic hydroxyl groups is 1. The van der Waals surface area contributed by atoms with Gasteiger partial charge in [-0.1, -0.05) is 0 Å². The molecule has 0 aliphatic heterocycles. The Morgan fingerprint density at radius 1 is 0.960 bits per heavy atom. The van der Waals surface area contributed by atoms with Crippen molar-refractivity contribution < 1.29 is 5.11 Å². The van der Waals surface area contributed by atoms with Gasteiger partial charge in [0.15, 0.2) is 0 Å². The van der Waals surface area contributed by atoms with Gasteiger partial charge >= 0.3 is 155 Å². The summed E-state index contributed by atoms with van der Waals surface area (Å²) in [6.45, 7) is 7.11. The quantitative estimate of drug-likeness (QED) is 0.774. The molecule has 1 nitrogen and oxygen atoms in total. The molecule has 25 heavy (non-hydrogen) atoms. The van der Waals surface area contributed by atoms with Gasteiger partial charge in [0.05, 0.1) is 0 Å². The molecule has 0 amide bonds. The van der Waals surface area contributed by atoms with Crippen LogP contribution < -0.4 is 4.46 Å². The van der Waals surface area contributed by atoms with Crippen LogP contribution in [0.25, 0.3) is 0 Å². The molecule has 132 valence electrons. The number of hydrogen-bond donors (Lipinski definition) is 1. The van der Waals surface area contributed by atoms with Crippen LogP contribution in [0.3, 0.4) is 0 Å². The van der Waals surface area contributed by atoms with Gasteiger partial charge in [0.25, 0.3) is 0 Å². The van der Waals surface area contributed by atoms with Crippen LogP contribution in [0.4, 0.5) is 0 Å². The summed E-state index contributed by atoms with van der Waals surface area (Å²) in [6.07, 6.45) is 2.24. The van der Waals surface area contributed by atoms with Crippen molar-refractivity contribution in [2.45, 2.75) is 44.5 Å². The molecular formula is C23H28OSe. The summed E-state index contributed by atoms with van der Waals surface area (Å²) in [6, 6.07) is 21.6. The molecule has 0 radical (unpaired) electrons. The van der Waals surface area contributed by atoms with Crippen molar-refractivity contribution in [3.8, 4) is 0 Å². The SMILES string of the molecule is CC1(C)C2CCC1(C)C(O)C2[Se](=Cc1ccccc1)c1ccccc1. The molecule has 2 aromatic carbocycles. The van der Waals surface area contributed by atoms with Crippen LogP contribution in [0.15, 0.2) is 60.7 Å². The third kappa shape index (κ3) is 2.58. The predicted octanol–water partition coefficient (Wildman–Crippen LogP) is 4.01. The van der Waals surface area contributed by atoms with Crippen LogP contribution in [0.1, 0.15) is 39.2 Å². The molecule has 4 rings (SSSR count). The minimum atomic E-state index is -1.30. The third-order valence-electron chi connectivity index (χ3n) is 7.11. The van der Waals surface area contributed by atoms with Crippen molar-refractivity contribution in [1.82, 2.24) is 0 Å². The molecule has 2 aliphatic rings. The molecule has 5 atom stereocenters. The van der Waals surface area contributed by atoms with Crippen molar-refractivity contribution in [3.05, 3.63) is 66.2 Å². The molecule has 2 aromatic rings. The molecule has 2 heteroatoms. The van der Waals surface area contributed by atoms with Gasteiger partial charge in [-0.3, -0.25) is 0 Å². The van der Waals surface area contributed by atoms with Gasteiger partial charge in [-0.15, -0.1) is 0 Å². The summed E-state index contributed by atoms with van der Waals surface area (Å²) >= 11 is -1.30. The molecule has 0 aromatic heterocycles. The zero-order valence-electron chi connectivity index (χ0n) is 15.4. The average Bonchev–Trinajstić information content (AvgIpc) is 2.94. The molecule has 2 aliphatic carbocycles. The van der Waals surface area contributed by atoms with E-state index >= 15 is 0 Å².